The highest BCUT2D eigenvalue weighted by molar-refractivity contribution is 8.01. The van der Waals surface area contributed by atoms with Crippen molar-refractivity contribution < 1.29 is 9.53 Å². The highest BCUT2D eigenvalue weighted by atomic mass is 32.2. The molecule has 0 N–H and O–H groups in total. The van der Waals surface area contributed by atoms with Crippen molar-refractivity contribution in [3.63, 3.8) is 0 Å². The smallest absolute Gasteiger partial charge is 0.316 e. The number of azo groups is 3. The van der Waals surface area contributed by atoms with Gasteiger partial charge in [-0.25, -0.2) is 4.98 Å². The molecule has 216 valence electrons. The van der Waals surface area contributed by atoms with Gasteiger partial charge < -0.3 is 9.64 Å². The van der Waals surface area contributed by atoms with E-state index in [2.05, 4.69) is 46.6 Å². The second kappa shape index (κ2) is 14.4. The molecule has 13 heteroatoms. The van der Waals surface area contributed by atoms with Crippen LogP contribution in [0.2, 0.25) is 0 Å². The molecule has 10 nitrogen and oxygen atoms in total. The largest absolute Gasteiger partial charge is 0.465 e. The number of rotatable bonds is 11. The maximum atomic E-state index is 11.5. The summed E-state index contributed by atoms with van der Waals surface area (Å²) in [5.74, 6) is -0.00659. The second-order valence-electron chi connectivity index (χ2n) is 9.40. The number of nitrogens with zero attached hydrogens (tertiary/aromatic N) is 8. The predicted octanol–water partition coefficient (Wildman–Crippen LogP) is 10.3. The Labute approximate surface area is 256 Å². The fraction of sp³-hybridized carbons (Fsp3) is 0.310. The van der Waals surface area contributed by atoms with Crippen LogP contribution in [0.4, 0.5) is 37.9 Å². The van der Waals surface area contributed by atoms with Crippen molar-refractivity contribution >= 4 is 78.3 Å². The van der Waals surface area contributed by atoms with E-state index in [0.29, 0.717) is 23.1 Å². The van der Waals surface area contributed by atoms with Gasteiger partial charge in [-0.2, -0.15) is 10.2 Å². The number of thiophene rings is 1. The van der Waals surface area contributed by atoms with E-state index in [9.17, 15) is 4.79 Å². The van der Waals surface area contributed by atoms with E-state index in [-0.39, 0.29) is 11.7 Å². The second-order valence-corrected chi connectivity index (χ2v) is 12.7. The van der Waals surface area contributed by atoms with Crippen LogP contribution >= 0.6 is 34.4 Å². The van der Waals surface area contributed by atoms with Crippen LogP contribution in [-0.4, -0.2) is 36.4 Å². The molecule has 0 unspecified atom stereocenters. The van der Waals surface area contributed by atoms with Gasteiger partial charge in [-0.1, -0.05) is 22.7 Å². The number of esters is 1. The van der Waals surface area contributed by atoms with Gasteiger partial charge in [0.15, 0.2) is 0 Å². The van der Waals surface area contributed by atoms with E-state index in [1.165, 1.54) is 40.9 Å². The van der Waals surface area contributed by atoms with Crippen LogP contribution in [0.1, 0.15) is 30.9 Å². The van der Waals surface area contributed by atoms with Crippen LogP contribution in [0.25, 0.3) is 0 Å². The van der Waals surface area contributed by atoms with Gasteiger partial charge in [0.2, 0.25) is 5.13 Å². The molecule has 2 aromatic heterocycles. The van der Waals surface area contributed by atoms with E-state index in [1.54, 1.807) is 24.5 Å². The number of benzene rings is 2. The van der Waals surface area contributed by atoms with Gasteiger partial charge in [0.1, 0.15) is 5.00 Å². The first-order valence-corrected chi connectivity index (χ1v) is 16.1. The lowest BCUT2D eigenvalue weighted by Gasteiger charge is -2.13. The van der Waals surface area contributed by atoms with Gasteiger partial charge in [-0.3, -0.25) is 4.79 Å². The maximum Gasteiger partial charge on any atom is 0.316 e. The summed E-state index contributed by atoms with van der Waals surface area (Å²) in [4.78, 5) is 18.2. The molecule has 0 radical (unpaired) electrons. The Morgan fingerprint density at radius 1 is 0.881 bits per heavy atom. The fourth-order valence-corrected chi connectivity index (χ4v) is 6.58. The lowest BCUT2D eigenvalue weighted by Crippen LogP contribution is -2.15. The Kier molecular flexibility index (Phi) is 10.2. The fourth-order valence-electron chi connectivity index (χ4n) is 4.12. The van der Waals surface area contributed by atoms with E-state index < -0.39 is 0 Å². The van der Waals surface area contributed by atoms with Crippen molar-refractivity contribution in [3.05, 3.63) is 65.9 Å². The number of thioether (sulfide) groups is 1. The first kappa shape index (κ1) is 29.7. The minimum absolute atomic E-state index is 0.242. The zero-order chi connectivity index (χ0) is 29.3. The summed E-state index contributed by atoms with van der Waals surface area (Å²) < 4.78 is 5.83. The summed E-state index contributed by atoms with van der Waals surface area (Å²) in [7, 11) is 0. The number of carbonyl (C=O) groups excluding carboxylic acids is 1. The average Bonchev–Trinajstić information content (AvgIpc) is 3.76. The van der Waals surface area contributed by atoms with Crippen LogP contribution in [-0.2, 0) is 9.53 Å². The zero-order valence-corrected chi connectivity index (χ0v) is 26.0. The van der Waals surface area contributed by atoms with E-state index >= 15 is 0 Å². The van der Waals surface area contributed by atoms with Crippen LogP contribution in [0.5, 0.6) is 0 Å². The van der Waals surface area contributed by atoms with Crippen LogP contribution in [0, 0.1) is 13.8 Å². The highest BCUT2D eigenvalue weighted by Gasteiger charge is 2.14. The summed E-state index contributed by atoms with van der Waals surface area (Å²) in [6.45, 7) is 8.33. The number of ether oxygens (including phenoxy) is 1. The molecule has 3 heterocycles. The minimum Gasteiger partial charge on any atom is -0.465 e. The molecular weight excluding hydrogens is 589 g/mol. The third-order valence-corrected chi connectivity index (χ3v) is 9.33. The Bertz CT molecular complexity index is 1620. The SMILES string of the molecule is CCOC(=O)CSc1cnc(/N=N/c2ccc(/N=N/c3ccc(/N=N/c4ccc(N5CCCC5)s4)cc3C)cc2C)s1. The lowest BCUT2D eigenvalue weighted by molar-refractivity contribution is -0.139. The summed E-state index contributed by atoms with van der Waals surface area (Å²) in [5, 5.41) is 29.0. The summed E-state index contributed by atoms with van der Waals surface area (Å²) in [6.07, 6.45) is 4.20. The van der Waals surface area contributed by atoms with Crippen LogP contribution in [0.3, 0.4) is 0 Å². The third-order valence-electron chi connectivity index (χ3n) is 6.25. The molecule has 5 rings (SSSR count). The van der Waals surface area contributed by atoms with Gasteiger partial charge in [-0.15, -0.1) is 32.2 Å². The Balaban J connectivity index is 1.17. The average molecular weight is 619 g/mol. The zero-order valence-electron chi connectivity index (χ0n) is 23.6. The number of aryl methyl sites for hydroxylation is 2. The van der Waals surface area contributed by atoms with Gasteiger partial charge in [0, 0.05) is 13.1 Å². The Hall–Kier alpha value is -3.81. The number of thiazole rings is 1. The van der Waals surface area contributed by atoms with E-state index in [4.69, 9.17) is 4.74 Å². The third kappa shape index (κ3) is 8.14. The molecule has 42 heavy (non-hydrogen) atoms. The van der Waals surface area contributed by atoms with Gasteiger partial charge in [-0.05, 0) is 93.3 Å². The molecule has 0 bridgehead atoms. The molecule has 0 spiro atoms. The number of aromatic nitrogens is 1. The molecule has 0 amide bonds. The predicted molar refractivity (Wildman–Crippen MR) is 170 cm³/mol. The lowest BCUT2D eigenvalue weighted by atomic mass is 10.2. The van der Waals surface area contributed by atoms with Crippen molar-refractivity contribution in [2.24, 2.45) is 30.7 Å². The van der Waals surface area contributed by atoms with Crippen molar-refractivity contribution in [3.8, 4) is 0 Å². The Morgan fingerprint density at radius 2 is 1.55 bits per heavy atom. The molecular formula is C29H30N8O2S3. The summed E-state index contributed by atoms with van der Waals surface area (Å²) in [5.41, 5.74) is 4.85. The Morgan fingerprint density at radius 3 is 2.21 bits per heavy atom. The molecule has 0 aliphatic carbocycles. The first-order chi connectivity index (χ1) is 20.5. The molecule has 1 aliphatic heterocycles. The van der Waals surface area contributed by atoms with Crippen molar-refractivity contribution in [1.29, 1.82) is 0 Å². The topological polar surface area (TPSA) is 117 Å². The van der Waals surface area contributed by atoms with Crippen molar-refractivity contribution in [2.45, 2.75) is 37.8 Å². The molecule has 4 aromatic rings. The molecule has 1 aliphatic rings. The first-order valence-electron chi connectivity index (χ1n) is 13.5. The molecule has 1 fully saturated rings. The molecule has 1 saturated heterocycles. The molecule has 2 aromatic carbocycles. The van der Waals surface area contributed by atoms with Crippen molar-refractivity contribution in [2.75, 3.05) is 30.3 Å². The highest BCUT2D eigenvalue weighted by Crippen LogP contribution is 2.36. The van der Waals surface area contributed by atoms with Crippen LogP contribution in [0.15, 0.2) is 89.6 Å². The van der Waals surface area contributed by atoms with Gasteiger partial charge in [0.05, 0.1) is 50.5 Å². The summed E-state index contributed by atoms with van der Waals surface area (Å²) in [6, 6.07) is 15.5. The normalized spacial score (nSPS) is 13.7. The van der Waals surface area contributed by atoms with Gasteiger partial charge in [0.25, 0.3) is 0 Å². The monoisotopic (exact) mass is 618 g/mol. The van der Waals surface area contributed by atoms with E-state index in [0.717, 1.165) is 44.8 Å². The number of anilines is 1. The molecule has 0 saturated carbocycles. The van der Waals surface area contributed by atoms with Crippen LogP contribution < -0.4 is 4.90 Å². The van der Waals surface area contributed by atoms with E-state index in [1.807, 2.05) is 56.3 Å². The summed E-state index contributed by atoms with van der Waals surface area (Å²) >= 11 is 4.42. The number of hydrogen-bond acceptors (Lipinski definition) is 13. The number of carbonyl (C=O) groups is 1. The maximum absolute atomic E-state index is 11.5. The minimum atomic E-state index is -0.249. The van der Waals surface area contributed by atoms with Crippen molar-refractivity contribution in [1.82, 2.24) is 4.98 Å². The van der Waals surface area contributed by atoms with Gasteiger partial charge >= 0.3 is 5.97 Å². The number of hydrogen-bond donors (Lipinski definition) is 0. The molecule has 0 atom stereocenters. The standard InChI is InChI=1S/C29H30N8O2S3/c1-4-39-27(38)18-40-28-17-30-29(42-28)36-34-24-10-7-21(15-20(24)3)31-33-23-9-8-22(16-19(23)2)32-35-25-11-12-26(41-25)37-13-5-6-14-37/h7-12,15-17H,4-6,13-14,18H2,1-3H3/b33-31+,35-32+,36-34+. The quantitative estimate of drug-likeness (QED) is 0.0941.